The number of rotatable bonds is 3. The van der Waals surface area contributed by atoms with Crippen molar-refractivity contribution in [3.8, 4) is 0 Å². The minimum Gasteiger partial charge on any atom is -0.378 e. The molecule has 0 saturated heterocycles. The largest absolute Gasteiger partial charge is 0.378 e. The van der Waals surface area contributed by atoms with E-state index in [0.717, 1.165) is 34.7 Å². The molecule has 7 heteroatoms. The van der Waals surface area contributed by atoms with Crippen LogP contribution in [0.5, 0.6) is 0 Å². The van der Waals surface area contributed by atoms with Gasteiger partial charge in [0, 0.05) is 7.05 Å². The Morgan fingerprint density at radius 2 is 2.18 bits per heavy atom. The Kier molecular flexibility index (Phi) is 4.30. The molecule has 116 valence electrons. The van der Waals surface area contributed by atoms with Crippen LogP contribution in [0.1, 0.15) is 39.6 Å². The fourth-order valence-electron chi connectivity index (χ4n) is 2.82. The molecule has 0 bridgehead atoms. The first kappa shape index (κ1) is 15.6. The highest BCUT2D eigenvalue weighted by molar-refractivity contribution is 7.10. The topological polar surface area (TPSA) is 54.0 Å². The minimum atomic E-state index is -0.112. The van der Waals surface area contributed by atoms with E-state index in [1.165, 1.54) is 11.5 Å². The fourth-order valence-corrected chi connectivity index (χ4v) is 4.01. The molecule has 1 aromatic carbocycles. The van der Waals surface area contributed by atoms with E-state index in [4.69, 9.17) is 23.2 Å². The van der Waals surface area contributed by atoms with Crippen LogP contribution in [-0.2, 0) is 6.42 Å². The van der Waals surface area contributed by atoms with Gasteiger partial charge in [-0.1, -0.05) is 29.3 Å². The molecule has 1 amide bonds. The summed E-state index contributed by atoms with van der Waals surface area (Å²) < 4.78 is 4.23. The summed E-state index contributed by atoms with van der Waals surface area (Å²) in [7, 11) is 1.79. The van der Waals surface area contributed by atoms with E-state index in [1.54, 1.807) is 13.1 Å². The van der Waals surface area contributed by atoms with Crippen LogP contribution in [-0.4, -0.2) is 17.3 Å². The lowest BCUT2D eigenvalue weighted by atomic mass is 10.1. The van der Waals surface area contributed by atoms with Crippen LogP contribution in [0.25, 0.3) is 0 Å². The lowest BCUT2D eigenvalue weighted by Gasteiger charge is -2.15. The molecule has 1 aliphatic rings. The standard InChI is InChI=1S/C15H15Cl2N3OS/c1-7-12(15(18-2)22-20-7)14(21)19-11-6-4-9-8(11)3-5-10(16)13(9)17/h3,5,11,18H,4,6H2,1-2H3,(H,19,21). The molecule has 2 aromatic rings. The molecule has 1 aromatic heterocycles. The van der Waals surface area contributed by atoms with Crippen molar-refractivity contribution in [2.75, 3.05) is 12.4 Å². The molecule has 0 saturated carbocycles. The molecule has 0 aliphatic heterocycles. The summed E-state index contributed by atoms with van der Waals surface area (Å²) in [6, 6.07) is 3.68. The first-order valence-corrected chi connectivity index (χ1v) is 8.47. The van der Waals surface area contributed by atoms with Crippen LogP contribution in [0.2, 0.25) is 10.0 Å². The SMILES string of the molecule is CNc1snc(C)c1C(=O)NC1CCc2c1ccc(Cl)c2Cl. The van der Waals surface area contributed by atoms with Crippen LogP contribution in [0.4, 0.5) is 5.00 Å². The number of aryl methyl sites for hydroxylation is 1. The summed E-state index contributed by atoms with van der Waals surface area (Å²) in [5.74, 6) is -0.112. The molecule has 3 rings (SSSR count). The normalized spacial score (nSPS) is 16.5. The monoisotopic (exact) mass is 355 g/mol. The number of nitrogens with one attached hydrogen (secondary N) is 2. The van der Waals surface area contributed by atoms with Gasteiger partial charge in [-0.2, -0.15) is 4.37 Å². The van der Waals surface area contributed by atoms with Gasteiger partial charge in [0.1, 0.15) is 5.00 Å². The number of anilines is 1. The Morgan fingerprint density at radius 3 is 2.91 bits per heavy atom. The number of hydrogen-bond donors (Lipinski definition) is 2. The molecular formula is C15H15Cl2N3OS. The summed E-state index contributed by atoms with van der Waals surface area (Å²) >= 11 is 13.6. The zero-order valence-electron chi connectivity index (χ0n) is 12.2. The predicted molar refractivity (Wildman–Crippen MR) is 91.4 cm³/mol. The zero-order valence-corrected chi connectivity index (χ0v) is 14.5. The van der Waals surface area contributed by atoms with Gasteiger partial charge >= 0.3 is 0 Å². The summed E-state index contributed by atoms with van der Waals surface area (Å²) in [4.78, 5) is 12.6. The Balaban J connectivity index is 1.86. The molecule has 0 radical (unpaired) electrons. The smallest absolute Gasteiger partial charge is 0.256 e. The van der Waals surface area contributed by atoms with Crippen molar-refractivity contribution in [1.29, 1.82) is 0 Å². The van der Waals surface area contributed by atoms with Gasteiger partial charge in [-0.15, -0.1) is 0 Å². The third-order valence-corrected chi connectivity index (χ3v) is 5.71. The second kappa shape index (κ2) is 6.07. The van der Waals surface area contributed by atoms with Crippen molar-refractivity contribution in [3.05, 3.63) is 44.6 Å². The van der Waals surface area contributed by atoms with Crippen LogP contribution >= 0.6 is 34.7 Å². The molecule has 4 nitrogen and oxygen atoms in total. The van der Waals surface area contributed by atoms with E-state index in [9.17, 15) is 4.79 Å². The summed E-state index contributed by atoms with van der Waals surface area (Å²) in [6.07, 6.45) is 1.64. The van der Waals surface area contributed by atoms with Crippen molar-refractivity contribution < 1.29 is 4.79 Å². The average Bonchev–Trinajstić information content (AvgIpc) is 3.07. The molecule has 22 heavy (non-hydrogen) atoms. The lowest BCUT2D eigenvalue weighted by molar-refractivity contribution is 0.0937. The van der Waals surface area contributed by atoms with Gasteiger partial charge in [0.25, 0.3) is 5.91 Å². The molecule has 1 heterocycles. The fraction of sp³-hybridized carbons (Fsp3) is 0.333. The molecule has 2 N–H and O–H groups in total. The second-order valence-corrected chi connectivity index (χ2v) is 6.77. The van der Waals surface area contributed by atoms with E-state index in [0.29, 0.717) is 15.6 Å². The molecule has 1 aliphatic carbocycles. The summed E-state index contributed by atoms with van der Waals surface area (Å²) in [6.45, 7) is 1.84. The van der Waals surface area contributed by atoms with E-state index in [1.807, 2.05) is 13.0 Å². The summed E-state index contributed by atoms with van der Waals surface area (Å²) in [5.41, 5.74) is 3.43. The van der Waals surface area contributed by atoms with Crippen LogP contribution < -0.4 is 10.6 Å². The maximum atomic E-state index is 12.6. The van der Waals surface area contributed by atoms with Gasteiger partial charge in [-0.3, -0.25) is 4.79 Å². The Hall–Kier alpha value is -1.30. The first-order chi connectivity index (χ1) is 10.5. The number of halogens is 2. The van der Waals surface area contributed by atoms with E-state index in [2.05, 4.69) is 15.0 Å². The maximum absolute atomic E-state index is 12.6. The quantitative estimate of drug-likeness (QED) is 0.866. The van der Waals surface area contributed by atoms with Crippen molar-refractivity contribution in [1.82, 2.24) is 9.69 Å². The van der Waals surface area contributed by atoms with Crippen LogP contribution in [0.15, 0.2) is 12.1 Å². The molecule has 0 spiro atoms. The molecule has 1 atom stereocenters. The molecular weight excluding hydrogens is 341 g/mol. The highest BCUT2D eigenvalue weighted by Crippen LogP contribution is 2.39. The number of carbonyl (C=O) groups excluding carboxylic acids is 1. The molecule has 0 fully saturated rings. The van der Waals surface area contributed by atoms with E-state index < -0.39 is 0 Å². The zero-order chi connectivity index (χ0) is 15.9. The van der Waals surface area contributed by atoms with Gasteiger partial charge in [-0.25, -0.2) is 0 Å². The molecule has 1 unspecified atom stereocenters. The number of aromatic nitrogens is 1. The Labute approximate surface area is 143 Å². The van der Waals surface area contributed by atoms with Gasteiger partial charge in [0.15, 0.2) is 0 Å². The third-order valence-electron chi connectivity index (χ3n) is 3.91. The van der Waals surface area contributed by atoms with Crippen molar-refractivity contribution in [2.45, 2.75) is 25.8 Å². The van der Waals surface area contributed by atoms with Crippen molar-refractivity contribution in [3.63, 3.8) is 0 Å². The van der Waals surface area contributed by atoms with Gasteiger partial charge < -0.3 is 10.6 Å². The number of fused-ring (bicyclic) bond motifs is 1. The highest BCUT2D eigenvalue weighted by atomic mass is 35.5. The average molecular weight is 356 g/mol. The Morgan fingerprint density at radius 1 is 1.41 bits per heavy atom. The third kappa shape index (κ3) is 2.57. The van der Waals surface area contributed by atoms with E-state index in [-0.39, 0.29) is 11.9 Å². The maximum Gasteiger partial charge on any atom is 0.256 e. The van der Waals surface area contributed by atoms with Gasteiger partial charge in [0.2, 0.25) is 0 Å². The van der Waals surface area contributed by atoms with Gasteiger partial charge in [-0.05, 0) is 48.5 Å². The van der Waals surface area contributed by atoms with Crippen molar-refractivity contribution in [2.24, 2.45) is 0 Å². The number of amides is 1. The lowest BCUT2D eigenvalue weighted by Crippen LogP contribution is -2.27. The highest BCUT2D eigenvalue weighted by Gasteiger charge is 2.28. The number of nitrogens with zero attached hydrogens (tertiary/aromatic N) is 1. The predicted octanol–water partition coefficient (Wildman–Crippen LogP) is 4.22. The number of hydrogen-bond acceptors (Lipinski definition) is 4. The second-order valence-electron chi connectivity index (χ2n) is 5.22. The minimum absolute atomic E-state index is 0.0405. The Bertz CT molecular complexity index is 745. The first-order valence-electron chi connectivity index (χ1n) is 6.94. The van der Waals surface area contributed by atoms with Crippen LogP contribution in [0.3, 0.4) is 0 Å². The number of benzene rings is 1. The van der Waals surface area contributed by atoms with Gasteiger partial charge in [0.05, 0.1) is 27.3 Å². The van der Waals surface area contributed by atoms with Crippen LogP contribution in [0, 0.1) is 6.92 Å². The van der Waals surface area contributed by atoms with E-state index >= 15 is 0 Å². The number of carbonyl (C=O) groups is 1. The summed E-state index contributed by atoms with van der Waals surface area (Å²) in [5, 5.41) is 8.04. The van der Waals surface area contributed by atoms with Crippen molar-refractivity contribution >= 4 is 45.6 Å².